The van der Waals surface area contributed by atoms with Crippen molar-refractivity contribution >= 4 is 11.4 Å². The fraction of sp³-hybridized carbons (Fsp3) is 0.250. The lowest BCUT2D eigenvalue weighted by Gasteiger charge is -2.20. The third-order valence-corrected chi connectivity index (χ3v) is 3.30. The van der Waals surface area contributed by atoms with Crippen molar-refractivity contribution in [3.63, 3.8) is 0 Å². The molecule has 0 unspecified atom stereocenters. The number of nitrogen functional groups attached to an aromatic ring is 1. The molecule has 2 aromatic carbocycles. The summed E-state index contributed by atoms with van der Waals surface area (Å²) in [6, 6.07) is 13.4. The zero-order chi connectivity index (χ0) is 13.8. The van der Waals surface area contributed by atoms with Crippen LogP contribution in [-0.2, 0) is 13.0 Å². The van der Waals surface area contributed by atoms with Crippen LogP contribution in [0.4, 0.5) is 15.8 Å². The van der Waals surface area contributed by atoms with Gasteiger partial charge in [0, 0.05) is 24.8 Å². The van der Waals surface area contributed by atoms with Gasteiger partial charge < -0.3 is 10.6 Å². The average molecular weight is 258 g/mol. The summed E-state index contributed by atoms with van der Waals surface area (Å²) in [6.07, 6.45) is 1.02. The fourth-order valence-electron chi connectivity index (χ4n) is 2.05. The maximum atomic E-state index is 13.8. The molecule has 0 aliphatic carbocycles. The highest BCUT2D eigenvalue weighted by Gasteiger charge is 2.08. The van der Waals surface area contributed by atoms with Gasteiger partial charge >= 0.3 is 0 Å². The van der Waals surface area contributed by atoms with Gasteiger partial charge in [0.25, 0.3) is 0 Å². The van der Waals surface area contributed by atoms with E-state index in [-0.39, 0.29) is 11.5 Å². The molecule has 2 N–H and O–H groups in total. The van der Waals surface area contributed by atoms with Crippen LogP contribution in [-0.4, -0.2) is 7.05 Å². The van der Waals surface area contributed by atoms with E-state index in [2.05, 4.69) is 31.2 Å². The van der Waals surface area contributed by atoms with Gasteiger partial charge in [0.2, 0.25) is 0 Å². The summed E-state index contributed by atoms with van der Waals surface area (Å²) in [7, 11) is 1.95. The molecule has 0 aliphatic heterocycles. The number of benzene rings is 2. The Bertz CT molecular complexity index is 549. The van der Waals surface area contributed by atoms with Gasteiger partial charge in [-0.2, -0.15) is 0 Å². The summed E-state index contributed by atoms with van der Waals surface area (Å²) in [5, 5.41) is 0. The van der Waals surface area contributed by atoms with Crippen LogP contribution >= 0.6 is 0 Å². The van der Waals surface area contributed by atoms with Crippen LogP contribution in [0.15, 0.2) is 42.5 Å². The summed E-state index contributed by atoms with van der Waals surface area (Å²) in [5.74, 6) is -0.320. The number of hydrogen-bond acceptors (Lipinski definition) is 2. The van der Waals surface area contributed by atoms with Gasteiger partial charge in [0.05, 0.1) is 5.69 Å². The van der Waals surface area contributed by atoms with Gasteiger partial charge in [-0.05, 0) is 30.2 Å². The Hall–Kier alpha value is -2.03. The number of anilines is 2. The lowest BCUT2D eigenvalue weighted by molar-refractivity contribution is 0.612. The first-order valence-corrected chi connectivity index (χ1v) is 6.44. The van der Waals surface area contributed by atoms with E-state index in [1.165, 1.54) is 5.56 Å². The van der Waals surface area contributed by atoms with Gasteiger partial charge in [-0.1, -0.05) is 31.2 Å². The standard InChI is InChI=1S/C16H19FN2/c1-3-12-7-9-14(10-8-12)19(2)11-13-5-4-6-15(18)16(13)17/h4-10H,3,11,18H2,1-2H3. The zero-order valence-corrected chi connectivity index (χ0v) is 11.4. The molecule has 0 aromatic heterocycles. The van der Waals surface area contributed by atoms with E-state index in [9.17, 15) is 4.39 Å². The van der Waals surface area contributed by atoms with Gasteiger partial charge in [0.1, 0.15) is 0 Å². The second kappa shape index (κ2) is 5.74. The Kier molecular flexibility index (Phi) is 4.05. The van der Waals surface area contributed by atoms with Crippen molar-refractivity contribution in [1.82, 2.24) is 0 Å². The van der Waals surface area contributed by atoms with Crippen molar-refractivity contribution in [2.45, 2.75) is 19.9 Å². The van der Waals surface area contributed by atoms with E-state index in [4.69, 9.17) is 5.73 Å². The van der Waals surface area contributed by atoms with Crippen LogP contribution in [0, 0.1) is 5.82 Å². The maximum absolute atomic E-state index is 13.8. The summed E-state index contributed by atoms with van der Waals surface area (Å²) in [6.45, 7) is 2.63. The van der Waals surface area contributed by atoms with Crippen molar-refractivity contribution in [1.29, 1.82) is 0 Å². The van der Waals surface area contributed by atoms with Crippen LogP contribution in [0.1, 0.15) is 18.1 Å². The molecular formula is C16H19FN2. The Labute approximate surface area is 113 Å². The van der Waals surface area contributed by atoms with Crippen molar-refractivity contribution < 1.29 is 4.39 Å². The Balaban J connectivity index is 2.15. The zero-order valence-electron chi connectivity index (χ0n) is 11.4. The van der Waals surface area contributed by atoms with Crippen molar-refractivity contribution in [3.05, 3.63) is 59.4 Å². The number of aryl methyl sites for hydroxylation is 1. The summed E-state index contributed by atoms with van der Waals surface area (Å²) in [4.78, 5) is 2.01. The van der Waals surface area contributed by atoms with Crippen LogP contribution < -0.4 is 10.6 Å². The van der Waals surface area contributed by atoms with E-state index in [1.807, 2.05) is 11.9 Å². The predicted molar refractivity (Wildman–Crippen MR) is 78.7 cm³/mol. The lowest BCUT2D eigenvalue weighted by Crippen LogP contribution is -2.17. The topological polar surface area (TPSA) is 29.3 Å². The van der Waals surface area contributed by atoms with Gasteiger partial charge in [-0.25, -0.2) is 4.39 Å². The lowest BCUT2D eigenvalue weighted by atomic mass is 10.1. The molecule has 0 saturated carbocycles. The van der Waals surface area contributed by atoms with Crippen molar-refractivity contribution in [2.24, 2.45) is 0 Å². The molecule has 0 spiro atoms. The molecule has 0 saturated heterocycles. The Morgan fingerprint density at radius 3 is 2.42 bits per heavy atom. The van der Waals surface area contributed by atoms with Gasteiger partial charge in [-0.3, -0.25) is 0 Å². The number of nitrogens with two attached hydrogens (primary N) is 1. The van der Waals surface area contributed by atoms with Gasteiger partial charge in [0.15, 0.2) is 5.82 Å². The number of halogens is 1. The third-order valence-electron chi connectivity index (χ3n) is 3.30. The SMILES string of the molecule is CCc1ccc(N(C)Cc2cccc(N)c2F)cc1. The van der Waals surface area contributed by atoms with E-state index < -0.39 is 0 Å². The molecule has 100 valence electrons. The molecule has 0 fully saturated rings. The molecule has 0 aliphatic rings. The average Bonchev–Trinajstić information content (AvgIpc) is 2.44. The number of rotatable bonds is 4. The first kappa shape index (κ1) is 13.4. The highest BCUT2D eigenvalue weighted by molar-refractivity contribution is 5.49. The highest BCUT2D eigenvalue weighted by atomic mass is 19.1. The number of hydrogen-bond donors (Lipinski definition) is 1. The minimum absolute atomic E-state index is 0.201. The molecular weight excluding hydrogens is 239 g/mol. The van der Waals surface area contributed by atoms with E-state index in [0.29, 0.717) is 12.1 Å². The molecule has 0 amide bonds. The second-order valence-electron chi connectivity index (χ2n) is 4.70. The number of nitrogens with zero attached hydrogens (tertiary/aromatic N) is 1. The Morgan fingerprint density at radius 2 is 1.79 bits per heavy atom. The van der Waals surface area contributed by atoms with E-state index in [0.717, 1.165) is 12.1 Å². The third kappa shape index (κ3) is 3.05. The first-order valence-electron chi connectivity index (χ1n) is 6.44. The molecule has 19 heavy (non-hydrogen) atoms. The minimum Gasteiger partial charge on any atom is -0.396 e. The molecule has 2 rings (SSSR count). The van der Waals surface area contributed by atoms with Crippen LogP contribution in [0.25, 0.3) is 0 Å². The fourth-order valence-corrected chi connectivity index (χ4v) is 2.05. The Morgan fingerprint density at radius 1 is 1.11 bits per heavy atom. The highest BCUT2D eigenvalue weighted by Crippen LogP contribution is 2.20. The van der Waals surface area contributed by atoms with E-state index >= 15 is 0 Å². The maximum Gasteiger partial charge on any atom is 0.151 e. The van der Waals surface area contributed by atoms with Gasteiger partial charge in [-0.15, -0.1) is 0 Å². The summed E-state index contributed by atoms with van der Waals surface area (Å²) in [5.41, 5.74) is 8.76. The molecule has 0 heterocycles. The molecule has 0 atom stereocenters. The normalized spacial score (nSPS) is 10.5. The van der Waals surface area contributed by atoms with E-state index in [1.54, 1.807) is 18.2 Å². The molecule has 2 aromatic rings. The van der Waals surface area contributed by atoms with Crippen molar-refractivity contribution in [2.75, 3.05) is 17.7 Å². The smallest absolute Gasteiger partial charge is 0.151 e. The monoisotopic (exact) mass is 258 g/mol. The first-order chi connectivity index (χ1) is 9.11. The second-order valence-corrected chi connectivity index (χ2v) is 4.70. The molecule has 0 bridgehead atoms. The predicted octanol–water partition coefficient (Wildman–Crippen LogP) is 3.61. The van der Waals surface area contributed by atoms with Crippen molar-refractivity contribution in [3.8, 4) is 0 Å². The van der Waals surface area contributed by atoms with Crippen LogP contribution in [0.3, 0.4) is 0 Å². The summed E-state index contributed by atoms with van der Waals surface area (Å²) < 4.78 is 13.8. The minimum atomic E-state index is -0.320. The molecule has 3 heteroatoms. The molecule has 2 nitrogen and oxygen atoms in total. The largest absolute Gasteiger partial charge is 0.396 e. The van der Waals surface area contributed by atoms with Crippen LogP contribution in [0.2, 0.25) is 0 Å². The quantitative estimate of drug-likeness (QED) is 0.849. The van der Waals surface area contributed by atoms with Crippen LogP contribution in [0.5, 0.6) is 0 Å². The molecule has 0 radical (unpaired) electrons. The summed E-state index contributed by atoms with van der Waals surface area (Å²) >= 11 is 0.